The van der Waals surface area contributed by atoms with Crippen molar-refractivity contribution in [3.05, 3.63) is 41.6 Å². The van der Waals surface area contributed by atoms with E-state index in [1.807, 2.05) is 38.1 Å². The highest BCUT2D eigenvalue weighted by Crippen LogP contribution is 2.27. The molecule has 1 unspecified atom stereocenters. The summed E-state index contributed by atoms with van der Waals surface area (Å²) in [6.07, 6.45) is 1.82. The summed E-state index contributed by atoms with van der Waals surface area (Å²) >= 11 is 0. The van der Waals surface area contributed by atoms with E-state index in [0.717, 1.165) is 41.7 Å². The molecular formula is C17H24N2O. The van der Waals surface area contributed by atoms with Crippen LogP contribution in [0.25, 0.3) is 10.9 Å². The van der Waals surface area contributed by atoms with Gasteiger partial charge in [-0.25, -0.2) is 0 Å². The van der Waals surface area contributed by atoms with E-state index in [1.165, 1.54) is 0 Å². The molecule has 0 radical (unpaired) electrons. The molecule has 0 spiro atoms. The SMILES string of the molecule is CCCNCCC(C)(O)c1ccc2nc(C)ccc2c1. The Hall–Kier alpha value is -1.45. The molecule has 0 aliphatic heterocycles. The van der Waals surface area contributed by atoms with Gasteiger partial charge in [-0.3, -0.25) is 4.98 Å². The van der Waals surface area contributed by atoms with Crippen LogP contribution in [0.2, 0.25) is 0 Å². The summed E-state index contributed by atoms with van der Waals surface area (Å²) in [5.74, 6) is 0. The van der Waals surface area contributed by atoms with Crippen molar-refractivity contribution < 1.29 is 5.11 Å². The molecule has 0 saturated carbocycles. The molecular weight excluding hydrogens is 248 g/mol. The third-order valence-electron chi connectivity index (χ3n) is 3.67. The molecule has 2 aromatic rings. The second-order valence-corrected chi connectivity index (χ2v) is 5.63. The number of benzene rings is 1. The smallest absolute Gasteiger partial charge is 0.0880 e. The van der Waals surface area contributed by atoms with E-state index < -0.39 is 5.60 Å². The van der Waals surface area contributed by atoms with Crippen molar-refractivity contribution in [2.24, 2.45) is 0 Å². The lowest BCUT2D eigenvalue weighted by molar-refractivity contribution is 0.0482. The largest absolute Gasteiger partial charge is 0.385 e. The van der Waals surface area contributed by atoms with Crippen LogP contribution < -0.4 is 5.32 Å². The van der Waals surface area contributed by atoms with Gasteiger partial charge in [0.25, 0.3) is 0 Å². The standard InChI is InChI=1S/C17H24N2O/c1-4-10-18-11-9-17(3,20)15-7-8-16-14(12-15)6-5-13(2)19-16/h5-8,12,18,20H,4,9-11H2,1-3H3. The quantitative estimate of drug-likeness (QED) is 0.794. The van der Waals surface area contributed by atoms with Crippen LogP contribution in [0, 0.1) is 6.92 Å². The first-order valence-electron chi connectivity index (χ1n) is 7.34. The zero-order valence-electron chi connectivity index (χ0n) is 12.6. The molecule has 0 amide bonds. The average Bonchev–Trinajstić information content (AvgIpc) is 2.43. The minimum Gasteiger partial charge on any atom is -0.385 e. The van der Waals surface area contributed by atoms with Crippen LogP contribution >= 0.6 is 0 Å². The molecule has 2 rings (SSSR count). The van der Waals surface area contributed by atoms with Crippen LogP contribution in [0.4, 0.5) is 0 Å². The van der Waals surface area contributed by atoms with Gasteiger partial charge in [-0.1, -0.05) is 19.1 Å². The van der Waals surface area contributed by atoms with Crippen molar-refractivity contribution in [3.8, 4) is 0 Å². The Morgan fingerprint density at radius 2 is 2.00 bits per heavy atom. The number of pyridine rings is 1. The van der Waals surface area contributed by atoms with Gasteiger partial charge in [-0.15, -0.1) is 0 Å². The summed E-state index contributed by atoms with van der Waals surface area (Å²) in [4.78, 5) is 4.49. The number of hydrogen-bond donors (Lipinski definition) is 2. The van der Waals surface area contributed by atoms with Gasteiger partial charge in [0.2, 0.25) is 0 Å². The van der Waals surface area contributed by atoms with Gasteiger partial charge in [-0.05, 0) is 63.5 Å². The van der Waals surface area contributed by atoms with Gasteiger partial charge in [-0.2, -0.15) is 0 Å². The minimum atomic E-state index is -0.806. The molecule has 3 nitrogen and oxygen atoms in total. The maximum absolute atomic E-state index is 10.6. The van der Waals surface area contributed by atoms with Crippen molar-refractivity contribution >= 4 is 10.9 Å². The summed E-state index contributed by atoms with van der Waals surface area (Å²) in [6, 6.07) is 10.1. The number of aliphatic hydroxyl groups is 1. The number of nitrogens with one attached hydrogen (secondary N) is 1. The first-order valence-corrected chi connectivity index (χ1v) is 7.34. The Labute approximate surface area is 121 Å². The van der Waals surface area contributed by atoms with Crippen molar-refractivity contribution in [2.75, 3.05) is 13.1 Å². The Morgan fingerprint density at radius 1 is 1.20 bits per heavy atom. The predicted molar refractivity (Wildman–Crippen MR) is 83.8 cm³/mol. The van der Waals surface area contributed by atoms with Crippen molar-refractivity contribution in [1.82, 2.24) is 10.3 Å². The third-order valence-corrected chi connectivity index (χ3v) is 3.67. The molecule has 1 aromatic heterocycles. The van der Waals surface area contributed by atoms with E-state index in [9.17, 15) is 5.11 Å². The monoisotopic (exact) mass is 272 g/mol. The Kier molecular flexibility index (Phi) is 4.73. The summed E-state index contributed by atoms with van der Waals surface area (Å²) in [6.45, 7) is 7.83. The molecule has 0 aliphatic rings. The highest BCUT2D eigenvalue weighted by Gasteiger charge is 2.22. The first kappa shape index (κ1) is 14.9. The van der Waals surface area contributed by atoms with Crippen LogP contribution in [0.5, 0.6) is 0 Å². The van der Waals surface area contributed by atoms with Crippen LogP contribution in [0.1, 0.15) is 37.9 Å². The topological polar surface area (TPSA) is 45.1 Å². The fraction of sp³-hybridized carbons (Fsp3) is 0.471. The lowest BCUT2D eigenvalue weighted by atomic mass is 9.91. The summed E-state index contributed by atoms with van der Waals surface area (Å²) in [5, 5.41) is 15.1. The molecule has 20 heavy (non-hydrogen) atoms. The fourth-order valence-electron chi connectivity index (χ4n) is 2.34. The number of nitrogens with zero attached hydrogens (tertiary/aromatic N) is 1. The minimum absolute atomic E-state index is 0.706. The second kappa shape index (κ2) is 6.33. The van der Waals surface area contributed by atoms with Gasteiger partial charge >= 0.3 is 0 Å². The third kappa shape index (κ3) is 3.56. The first-order chi connectivity index (χ1) is 9.53. The molecule has 1 atom stereocenters. The Bertz CT molecular complexity index is 578. The van der Waals surface area contributed by atoms with Crippen LogP contribution in [-0.2, 0) is 5.60 Å². The molecule has 0 saturated heterocycles. The number of aryl methyl sites for hydroxylation is 1. The average molecular weight is 272 g/mol. The number of hydrogen-bond acceptors (Lipinski definition) is 3. The van der Waals surface area contributed by atoms with E-state index >= 15 is 0 Å². The molecule has 3 heteroatoms. The number of aromatic nitrogens is 1. The van der Waals surface area contributed by atoms with Crippen LogP contribution in [0.15, 0.2) is 30.3 Å². The van der Waals surface area contributed by atoms with Crippen LogP contribution in [0.3, 0.4) is 0 Å². The maximum Gasteiger partial charge on any atom is 0.0880 e. The van der Waals surface area contributed by atoms with E-state index in [4.69, 9.17) is 0 Å². The summed E-state index contributed by atoms with van der Waals surface area (Å²) in [7, 11) is 0. The predicted octanol–water partition coefficient (Wildman–Crippen LogP) is 3.14. The van der Waals surface area contributed by atoms with E-state index in [2.05, 4.69) is 23.3 Å². The number of rotatable bonds is 6. The van der Waals surface area contributed by atoms with E-state index in [0.29, 0.717) is 6.42 Å². The lowest BCUT2D eigenvalue weighted by Gasteiger charge is -2.24. The van der Waals surface area contributed by atoms with E-state index in [1.54, 1.807) is 0 Å². The maximum atomic E-state index is 10.6. The zero-order chi connectivity index (χ0) is 14.6. The highest BCUT2D eigenvalue weighted by atomic mass is 16.3. The highest BCUT2D eigenvalue weighted by molar-refractivity contribution is 5.79. The molecule has 0 fully saturated rings. The van der Waals surface area contributed by atoms with E-state index in [-0.39, 0.29) is 0 Å². The van der Waals surface area contributed by atoms with Crippen molar-refractivity contribution in [3.63, 3.8) is 0 Å². The van der Waals surface area contributed by atoms with Gasteiger partial charge in [0.05, 0.1) is 11.1 Å². The fourth-order valence-corrected chi connectivity index (χ4v) is 2.34. The summed E-state index contributed by atoms with van der Waals surface area (Å²) in [5.41, 5.74) is 2.14. The Balaban J connectivity index is 2.16. The van der Waals surface area contributed by atoms with Crippen molar-refractivity contribution in [1.29, 1.82) is 0 Å². The van der Waals surface area contributed by atoms with Gasteiger partial charge in [0, 0.05) is 11.1 Å². The Morgan fingerprint density at radius 3 is 2.75 bits per heavy atom. The van der Waals surface area contributed by atoms with Crippen molar-refractivity contribution in [2.45, 2.75) is 39.2 Å². The van der Waals surface area contributed by atoms with Crippen LogP contribution in [-0.4, -0.2) is 23.2 Å². The molecule has 2 N–H and O–H groups in total. The lowest BCUT2D eigenvalue weighted by Crippen LogP contribution is -2.28. The summed E-state index contributed by atoms with van der Waals surface area (Å²) < 4.78 is 0. The second-order valence-electron chi connectivity index (χ2n) is 5.63. The van der Waals surface area contributed by atoms with Gasteiger partial charge < -0.3 is 10.4 Å². The molecule has 108 valence electrons. The molecule has 1 heterocycles. The molecule has 1 aromatic carbocycles. The zero-order valence-corrected chi connectivity index (χ0v) is 12.6. The van der Waals surface area contributed by atoms with Gasteiger partial charge in [0.15, 0.2) is 0 Å². The number of fused-ring (bicyclic) bond motifs is 1. The normalized spacial score (nSPS) is 14.4. The molecule has 0 aliphatic carbocycles. The molecule has 0 bridgehead atoms. The van der Waals surface area contributed by atoms with Gasteiger partial charge in [0.1, 0.15) is 0 Å².